The van der Waals surface area contributed by atoms with E-state index in [1.54, 1.807) is 36.5 Å². The van der Waals surface area contributed by atoms with E-state index >= 15 is 0 Å². The summed E-state index contributed by atoms with van der Waals surface area (Å²) in [6.07, 6.45) is 1.63. The number of aromatic amines is 1. The van der Waals surface area contributed by atoms with E-state index in [1.165, 1.54) is 4.57 Å². The van der Waals surface area contributed by atoms with Crippen LogP contribution in [0.15, 0.2) is 59.5 Å². The first-order valence-corrected chi connectivity index (χ1v) is 8.53. The largest absolute Gasteiger partial charge is 0.331 e. The smallest absolute Gasteiger partial charge is 0.330 e. The highest BCUT2D eigenvalue weighted by Gasteiger charge is 2.14. The summed E-state index contributed by atoms with van der Waals surface area (Å²) >= 11 is 5.89. The third-order valence-electron chi connectivity index (χ3n) is 4.07. The van der Waals surface area contributed by atoms with Crippen molar-refractivity contribution in [3.8, 4) is 5.69 Å². The zero-order chi connectivity index (χ0) is 18.7. The Hall–Kier alpha value is -2.99. The van der Waals surface area contributed by atoms with Gasteiger partial charge in [-0.1, -0.05) is 35.9 Å². The van der Waals surface area contributed by atoms with Crippen LogP contribution >= 0.6 is 11.6 Å². The Morgan fingerprint density at radius 3 is 2.50 bits per heavy atom. The molecule has 3 aromatic rings. The summed E-state index contributed by atoms with van der Waals surface area (Å²) in [5.41, 5.74) is 2.57. The summed E-state index contributed by atoms with van der Waals surface area (Å²) in [5.74, 6) is 0. The van der Waals surface area contributed by atoms with Crippen molar-refractivity contribution in [2.24, 2.45) is 0 Å². The fourth-order valence-electron chi connectivity index (χ4n) is 2.72. The normalized spacial score (nSPS) is 11.8. The highest BCUT2D eigenvalue weighted by atomic mass is 35.5. The quantitative estimate of drug-likeness (QED) is 0.648. The number of carbonyl (C=O) groups is 1. The first kappa shape index (κ1) is 17.8. The van der Waals surface area contributed by atoms with E-state index in [0.717, 1.165) is 11.3 Å². The summed E-state index contributed by atoms with van der Waals surface area (Å²) in [6, 6.07) is 13.9. The van der Waals surface area contributed by atoms with Crippen molar-refractivity contribution >= 4 is 23.3 Å². The van der Waals surface area contributed by atoms with Crippen molar-refractivity contribution in [3.05, 3.63) is 81.5 Å². The van der Waals surface area contributed by atoms with Gasteiger partial charge >= 0.3 is 11.7 Å². The van der Waals surface area contributed by atoms with Gasteiger partial charge in [0.05, 0.1) is 17.4 Å². The van der Waals surface area contributed by atoms with Gasteiger partial charge in [0.1, 0.15) is 0 Å². The Balaban J connectivity index is 1.78. The Morgan fingerprint density at radius 1 is 1.15 bits per heavy atom. The number of halogens is 1. The van der Waals surface area contributed by atoms with Crippen molar-refractivity contribution in [1.82, 2.24) is 14.9 Å². The van der Waals surface area contributed by atoms with E-state index in [9.17, 15) is 9.59 Å². The van der Waals surface area contributed by atoms with Gasteiger partial charge in [0.15, 0.2) is 0 Å². The van der Waals surface area contributed by atoms with Gasteiger partial charge in [-0.2, -0.15) is 0 Å². The average Bonchev–Trinajstić information content (AvgIpc) is 2.94. The first-order valence-electron chi connectivity index (χ1n) is 8.15. The molecule has 7 heteroatoms. The molecule has 1 atom stereocenters. The van der Waals surface area contributed by atoms with Gasteiger partial charge < -0.3 is 15.6 Å². The number of aryl methyl sites for hydroxylation is 1. The number of hydrogen-bond acceptors (Lipinski definition) is 2. The zero-order valence-electron chi connectivity index (χ0n) is 14.4. The van der Waals surface area contributed by atoms with Crippen molar-refractivity contribution in [1.29, 1.82) is 0 Å². The van der Waals surface area contributed by atoms with Crippen LogP contribution in [0, 0.1) is 6.92 Å². The molecule has 0 saturated carbocycles. The minimum absolute atomic E-state index is 0.198. The molecule has 0 aliphatic heterocycles. The summed E-state index contributed by atoms with van der Waals surface area (Å²) in [5, 5.41) is 6.34. The number of aromatic nitrogens is 2. The SMILES string of the molecule is Cc1c[nH]c(=O)n1-c1ccccc1NC(=O)NC(C)c1ccc(Cl)cc1. The lowest BCUT2D eigenvalue weighted by Crippen LogP contribution is -2.31. The number of hydrogen-bond donors (Lipinski definition) is 3. The van der Waals surface area contributed by atoms with Gasteiger partial charge in [-0.25, -0.2) is 9.59 Å². The van der Waals surface area contributed by atoms with Gasteiger partial charge in [0.25, 0.3) is 0 Å². The molecular weight excluding hydrogens is 352 g/mol. The summed E-state index contributed by atoms with van der Waals surface area (Å²) in [7, 11) is 0. The van der Waals surface area contributed by atoms with Crippen LogP contribution in [0.5, 0.6) is 0 Å². The molecule has 6 nitrogen and oxygen atoms in total. The number of rotatable bonds is 4. The Bertz CT molecular complexity index is 976. The van der Waals surface area contributed by atoms with Crippen LogP contribution in [0.3, 0.4) is 0 Å². The minimum atomic E-state index is -0.360. The van der Waals surface area contributed by atoms with E-state index in [0.29, 0.717) is 16.4 Å². The molecule has 3 N–H and O–H groups in total. The standard InChI is InChI=1S/C19H19ClN4O2/c1-12-11-21-19(26)24(12)17-6-4-3-5-16(17)23-18(25)22-13(2)14-7-9-15(20)10-8-14/h3-11,13H,1-2H3,(H,21,26)(H2,22,23,25). The lowest BCUT2D eigenvalue weighted by atomic mass is 10.1. The van der Waals surface area contributed by atoms with Crippen LogP contribution in [0.25, 0.3) is 5.69 Å². The molecule has 0 fully saturated rings. The molecule has 134 valence electrons. The Morgan fingerprint density at radius 2 is 1.85 bits per heavy atom. The van der Waals surface area contributed by atoms with Gasteiger partial charge in [0.2, 0.25) is 0 Å². The first-order chi connectivity index (χ1) is 12.5. The molecule has 0 aliphatic carbocycles. The molecule has 1 heterocycles. The molecule has 26 heavy (non-hydrogen) atoms. The molecule has 0 aliphatic rings. The molecule has 0 bridgehead atoms. The number of H-pyrrole nitrogens is 1. The van der Waals surface area contributed by atoms with Crippen molar-refractivity contribution in [3.63, 3.8) is 0 Å². The van der Waals surface area contributed by atoms with Crippen LogP contribution in [0.1, 0.15) is 24.2 Å². The third kappa shape index (κ3) is 3.81. The highest BCUT2D eigenvalue weighted by molar-refractivity contribution is 6.30. The number of urea groups is 1. The van der Waals surface area contributed by atoms with Crippen LogP contribution in [-0.2, 0) is 0 Å². The molecule has 2 amide bonds. The second-order valence-corrected chi connectivity index (χ2v) is 6.40. The molecule has 1 unspecified atom stereocenters. The number of amides is 2. The highest BCUT2D eigenvalue weighted by Crippen LogP contribution is 2.21. The van der Waals surface area contributed by atoms with E-state index in [2.05, 4.69) is 15.6 Å². The van der Waals surface area contributed by atoms with E-state index in [4.69, 9.17) is 11.6 Å². The maximum Gasteiger partial charge on any atom is 0.330 e. The molecule has 2 aromatic carbocycles. The molecule has 0 saturated heterocycles. The van der Waals surface area contributed by atoms with E-state index in [-0.39, 0.29) is 17.8 Å². The Labute approximate surface area is 155 Å². The van der Waals surface area contributed by atoms with E-state index < -0.39 is 0 Å². The van der Waals surface area contributed by atoms with Crippen LogP contribution in [0.4, 0.5) is 10.5 Å². The lowest BCUT2D eigenvalue weighted by molar-refractivity contribution is 0.249. The second kappa shape index (κ2) is 7.49. The van der Waals surface area contributed by atoms with Gasteiger partial charge in [-0.05, 0) is 43.7 Å². The third-order valence-corrected chi connectivity index (χ3v) is 4.32. The van der Waals surface area contributed by atoms with Crippen LogP contribution in [0.2, 0.25) is 5.02 Å². The van der Waals surface area contributed by atoms with Gasteiger partial charge in [-0.15, -0.1) is 0 Å². The Kier molecular flexibility index (Phi) is 5.14. The zero-order valence-corrected chi connectivity index (χ0v) is 15.2. The number of imidazole rings is 1. The predicted molar refractivity (Wildman–Crippen MR) is 103 cm³/mol. The summed E-state index contributed by atoms with van der Waals surface area (Å²) < 4.78 is 1.51. The molecular formula is C19H19ClN4O2. The summed E-state index contributed by atoms with van der Waals surface area (Å²) in [4.78, 5) is 27.1. The topological polar surface area (TPSA) is 78.9 Å². The number of para-hydroxylation sites is 2. The maximum atomic E-state index is 12.4. The minimum Gasteiger partial charge on any atom is -0.331 e. The fourth-order valence-corrected chi connectivity index (χ4v) is 2.84. The monoisotopic (exact) mass is 370 g/mol. The number of nitrogens with zero attached hydrogens (tertiary/aromatic N) is 1. The fraction of sp³-hybridized carbons (Fsp3) is 0.158. The van der Waals surface area contributed by atoms with Gasteiger partial charge in [-0.3, -0.25) is 4.57 Å². The lowest BCUT2D eigenvalue weighted by Gasteiger charge is -2.17. The number of benzene rings is 2. The van der Waals surface area contributed by atoms with Crippen LogP contribution in [-0.4, -0.2) is 15.6 Å². The molecule has 1 aromatic heterocycles. The van der Waals surface area contributed by atoms with Crippen LogP contribution < -0.4 is 16.3 Å². The molecule has 0 radical (unpaired) electrons. The molecule has 3 rings (SSSR count). The van der Waals surface area contributed by atoms with Crippen molar-refractivity contribution < 1.29 is 4.79 Å². The average molecular weight is 371 g/mol. The maximum absolute atomic E-state index is 12.4. The molecule has 0 spiro atoms. The number of anilines is 1. The van der Waals surface area contributed by atoms with Crippen molar-refractivity contribution in [2.75, 3.05) is 5.32 Å². The summed E-state index contributed by atoms with van der Waals surface area (Å²) in [6.45, 7) is 3.70. The number of carbonyl (C=O) groups excluding carboxylic acids is 1. The second-order valence-electron chi connectivity index (χ2n) is 5.96. The van der Waals surface area contributed by atoms with Crippen molar-refractivity contribution in [2.45, 2.75) is 19.9 Å². The predicted octanol–water partition coefficient (Wildman–Crippen LogP) is 4.01. The van der Waals surface area contributed by atoms with E-state index in [1.807, 2.05) is 32.0 Å². The number of nitrogens with one attached hydrogen (secondary N) is 3. The van der Waals surface area contributed by atoms with Gasteiger partial charge in [0, 0.05) is 16.9 Å².